The largest absolute Gasteiger partial charge is 0.243 e. The van der Waals surface area contributed by atoms with Crippen LogP contribution >= 0.6 is 0 Å². The van der Waals surface area contributed by atoms with E-state index in [-0.39, 0.29) is 4.90 Å². The van der Waals surface area contributed by atoms with Crippen molar-refractivity contribution in [3.05, 3.63) is 41.0 Å². The third kappa shape index (κ3) is 2.62. The molecule has 3 rings (SSSR count). The zero-order valence-corrected chi connectivity index (χ0v) is 11.7. The molecule has 1 heterocycles. The van der Waals surface area contributed by atoms with Gasteiger partial charge >= 0.3 is 0 Å². The van der Waals surface area contributed by atoms with Crippen molar-refractivity contribution in [1.29, 1.82) is 0 Å². The molecule has 0 unspecified atom stereocenters. The summed E-state index contributed by atoms with van der Waals surface area (Å²) >= 11 is 0. The first-order valence-electron chi connectivity index (χ1n) is 6.63. The fraction of sp³-hybridized carbons (Fsp3) is 0.429. The number of rotatable bonds is 2. The SMILES string of the molecule is O=S(=O)(c1cc(F)cc(F)c1)N1CCC(=C2CC2)CC1. The lowest BCUT2D eigenvalue weighted by molar-refractivity contribution is 0.385. The van der Waals surface area contributed by atoms with E-state index < -0.39 is 21.7 Å². The Morgan fingerprint density at radius 1 is 0.850 bits per heavy atom. The molecule has 20 heavy (non-hydrogen) atoms. The Morgan fingerprint density at radius 3 is 1.85 bits per heavy atom. The summed E-state index contributed by atoms with van der Waals surface area (Å²) in [4.78, 5) is -0.308. The lowest BCUT2D eigenvalue weighted by Crippen LogP contribution is -2.36. The minimum Gasteiger partial charge on any atom is -0.207 e. The monoisotopic (exact) mass is 299 g/mol. The molecule has 108 valence electrons. The average molecular weight is 299 g/mol. The Bertz CT molecular complexity index is 646. The summed E-state index contributed by atoms with van der Waals surface area (Å²) < 4.78 is 52.4. The van der Waals surface area contributed by atoms with Gasteiger partial charge in [0.15, 0.2) is 0 Å². The first kappa shape index (κ1) is 13.7. The first-order chi connectivity index (χ1) is 9.46. The molecule has 6 heteroatoms. The van der Waals surface area contributed by atoms with Crippen LogP contribution in [-0.4, -0.2) is 25.8 Å². The summed E-state index contributed by atoms with van der Waals surface area (Å²) in [5.74, 6) is -1.75. The van der Waals surface area contributed by atoms with Gasteiger partial charge in [-0.1, -0.05) is 11.1 Å². The van der Waals surface area contributed by atoms with Gasteiger partial charge in [0.2, 0.25) is 10.0 Å². The molecule has 2 fully saturated rings. The number of hydrogen-bond acceptors (Lipinski definition) is 2. The van der Waals surface area contributed by atoms with Gasteiger partial charge in [-0.25, -0.2) is 17.2 Å². The van der Waals surface area contributed by atoms with Crippen LogP contribution in [0, 0.1) is 11.6 Å². The zero-order valence-electron chi connectivity index (χ0n) is 10.9. The molecule has 1 aliphatic carbocycles. The quantitative estimate of drug-likeness (QED) is 0.788. The summed E-state index contributed by atoms with van der Waals surface area (Å²) in [6, 6.07) is 2.41. The fourth-order valence-electron chi connectivity index (χ4n) is 2.59. The number of sulfonamides is 1. The molecule has 3 nitrogen and oxygen atoms in total. The summed E-state index contributed by atoms with van der Waals surface area (Å²) in [7, 11) is -3.81. The van der Waals surface area contributed by atoms with E-state index in [0.29, 0.717) is 19.2 Å². The molecule has 0 radical (unpaired) electrons. The Kier molecular flexibility index (Phi) is 3.38. The normalized spacial score (nSPS) is 20.3. The zero-order chi connectivity index (χ0) is 14.3. The molecular weight excluding hydrogens is 284 g/mol. The van der Waals surface area contributed by atoms with Crippen molar-refractivity contribution in [2.75, 3.05) is 13.1 Å². The van der Waals surface area contributed by atoms with E-state index in [4.69, 9.17) is 0 Å². The minimum atomic E-state index is -3.81. The molecule has 0 amide bonds. The van der Waals surface area contributed by atoms with E-state index in [2.05, 4.69) is 0 Å². The van der Waals surface area contributed by atoms with Gasteiger partial charge in [-0.2, -0.15) is 4.31 Å². The standard InChI is InChI=1S/C14H15F2NO2S/c15-12-7-13(16)9-14(8-12)20(18,19)17-5-3-11(4-6-17)10-1-2-10/h7-9H,1-6H2. The molecule has 0 spiro atoms. The van der Waals surface area contributed by atoms with Crippen LogP contribution in [0.25, 0.3) is 0 Å². The average Bonchev–Trinajstić information content (AvgIpc) is 3.22. The molecule has 1 saturated carbocycles. The van der Waals surface area contributed by atoms with Crippen LogP contribution < -0.4 is 0 Å². The van der Waals surface area contributed by atoms with E-state index in [9.17, 15) is 17.2 Å². The maximum atomic E-state index is 13.2. The Morgan fingerprint density at radius 2 is 1.35 bits per heavy atom. The van der Waals surface area contributed by atoms with Crippen molar-refractivity contribution in [1.82, 2.24) is 4.31 Å². The van der Waals surface area contributed by atoms with Crippen LogP contribution in [0.2, 0.25) is 0 Å². The second kappa shape index (κ2) is 4.93. The van der Waals surface area contributed by atoms with Gasteiger partial charge in [-0.3, -0.25) is 0 Å². The van der Waals surface area contributed by atoms with Gasteiger partial charge in [0, 0.05) is 19.2 Å². The number of piperidine rings is 1. The van der Waals surface area contributed by atoms with Crippen LogP contribution in [0.4, 0.5) is 8.78 Å². The van der Waals surface area contributed by atoms with Gasteiger partial charge in [-0.05, 0) is 37.8 Å². The number of halogens is 2. The van der Waals surface area contributed by atoms with Crippen LogP contribution in [0.15, 0.2) is 34.2 Å². The molecule has 1 aliphatic heterocycles. The minimum absolute atomic E-state index is 0.308. The van der Waals surface area contributed by atoms with Crippen molar-refractivity contribution in [3.8, 4) is 0 Å². The van der Waals surface area contributed by atoms with Crippen molar-refractivity contribution >= 4 is 10.0 Å². The van der Waals surface area contributed by atoms with Crippen LogP contribution in [-0.2, 0) is 10.0 Å². The van der Waals surface area contributed by atoms with Gasteiger partial charge in [0.25, 0.3) is 0 Å². The number of benzene rings is 1. The van der Waals surface area contributed by atoms with E-state index in [1.807, 2.05) is 0 Å². The summed E-state index contributed by atoms with van der Waals surface area (Å²) in [6.07, 6.45) is 3.73. The Labute approximate surface area is 117 Å². The van der Waals surface area contributed by atoms with Gasteiger partial charge in [0.05, 0.1) is 4.90 Å². The van der Waals surface area contributed by atoms with E-state index in [0.717, 1.165) is 37.8 Å². The predicted molar refractivity (Wildman–Crippen MR) is 70.6 cm³/mol. The third-order valence-corrected chi connectivity index (χ3v) is 5.68. The highest BCUT2D eigenvalue weighted by Crippen LogP contribution is 2.36. The van der Waals surface area contributed by atoms with Crippen molar-refractivity contribution < 1.29 is 17.2 Å². The van der Waals surface area contributed by atoms with Crippen LogP contribution in [0.5, 0.6) is 0 Å². The number of hydrogen-bond donors (Lipinski definition) is 0. The van der Waals surface area contributed by atoms with Gasteiger partial charge in [-0.15, -0.1) is 0 Å². The van der Waals surface area contributed by atoms with Gasteiger partial charge < -0.3 is 0 Å². The molecule has 0 atom stereocenters. The molecule has 2 aliphatic rings. The highest BCUT2D eigenvalue weighted by Gasteiger charge is 2.30. The Hall–Kier alpha value is -1.27. The molecular formula is C14H15F2NO2S. The van der Waals surface area contributed by atoms with E-state index in [1.165, 1.54) is 15.5 Å². The van der Waals surface area contributed by atoms with Crippen molar-refractivity contribution in [3.63, 3.8) is 0 Å². The summed E-state index contributed by atoms with van der Waals surface area (Å²) in [5.41, 5.74) is 2.82. The summed E-state index contributed by atoms with van der Waals surface area (Å²) in [5, 5.41) is 0. The molecule has 0 aromatic heterocycles. The molecule has 1 saturated heterocycles. The van der Waals surface area contributed by atoms with E-state index in [1.54, 1.807) is 0 Å². The molecule has 0 bridgehead atoms. The van der Waals surface area contributed by atoms with Crippen LogP contribution in [0.1, 0.15) is 25.7 Å². The predicted octanol–water partition coefficient (Wildman–Crippen LogP) is 2.84. The summed E-state index contributed by atoms with van der Waals surface area (Å²) in [6.45, 7) is 0.776. The molecule has 1 aromatic rings. The third-order valence-electron chi connectivity index (χ3n) is 3.80. The number of nitrogens with zero attached hydrogens (tertiary/aromatic N) is 1. The highest BCUT2D eigenvalue weighted by atomic mass is 32.2. The smallest absolute Gasteiger partial charge is 0.207 e. The van der Waals surface area contributed by atoms with Crippen molar-refractivity contribution in [2.45, 2.75) is 30.6 Å². The number of allylic oxidation sites excluding steroid dienone is 1. The Balaban J connectivity index is 1.83. The maximum Gasteiger partial charge on any atom is 0.243 e. The second-order valence-electron chi connectivity index (χ2n) is 5.22. The second-order valence-corrected chi connectivity index (χ2v) is 7.15. The fourth-order valence-corrected chi connectivity index (χ4v) is 4.08. The molecule has 1 aromatic carbocycles. The lowest BCUT2D eigenvalue weighted by Gasteiger charge is -2.27. The first-order valence-corrected chi connectivity index (χ1v) is 8.07. The van der Waals surface area contributed by atoms with Crippen LogP contribution in [0.3, 0.4) is 0 Å². The topological polar surface area (TPSA) is 37.4 Å². The molecule has 0 N–H and O–H groups in total. The maximum absolute atomic E-state index is 13.2. The highest BCUT2D eigenvalue weighted by molar-refractivity contribution is 7.89. The van der Waals surface area contributed by atoms with E-state index >= 15 is 0 Å². The van der Waals surface area contributed by atoms with Gasteiger partial charge in [0.1, 0.15) is 11.6 Å². The van der Waals surface area contributed by atoms with Crippen molar-refractivity contribution in [2.24, 2.45) is 0 Å². The lowest BCUT2D eigenvalue weighted by atomic mass is 10.1.